The number of halogens is 1. The van der Waals surface area contributed by atoms with Crippen LogP contribution in [0.4, 0.5) is 0 Å². The summed E-state index contributed by atoms with van der Waals surface area (Å²) in [6.45, 7) is 3.64. The lowest BCUT2D eigenvalue weighted by Crippen LogP contribution is -2.10. The van der Waals surface area contributed by atoms with Crippen LogP contribution in [0.5, 0.6) is 11.5 Å². The van der Waals surface area contributed by atoms with Gasteiger partial charge in [0.15, 0.2) is 0 Å². The first-order valence-corrected chi connectivity index (χ1v) is 7.15. The van der Waals surface area contributed by atoms with Gasteiger partial charge in [-0.25, -0.2) is 0 Å². The van der Waals surface area contributed by atoms with Crippen LogP contribution >= 0.6 is 11.6 Å². The summed E-state index contributed by atoms with van der Waals surface area (Å²) in [6.07, 6.45) is -0.426. The predicted molar refractivity (Wildman–Crippen MR) is 85.7 cm³/mol. The average Bonchev–Trinajstić information content (AvgIpc) is 2.48. The summed E-state index contributed by atoms with van der Waals surface area (Å²) in [5.74, 6) is 7.49. The molecule has 2 aromatic carbocycles. The molecule has 2 aromatic rings. The molecule has 0 saturated heterocycles. The second-order valence-electron chi connectivity index (χ2n) is 4.88. The number of hydrogen-bond acceptors (Lipinski definition) is 2. The van der Waals surface area contributed by atoms with Crippen LogP contribution in [0.2, 0.25) is 5.02 Å². The van der Waals surface area contributed by atoms with Crippen LogP contribution < -0.4 is 4.74 Å². The maximum Gasteiger partial charge on any atom is 0.127 e. The van der Waals surface area contributed by atoms with Crippen molar-refractivity contribution in [2.24, 2.45) is 5.92 Å². The van der Waals surface area contributed by atoms with Gasteiger partial charge in [-0.2, -0.15) is 0 Å². The van der Waals surface area contributed by atoms with Crippen LogP contribution in [-0.4, -0.2) is 11.2 Å². The van der Waals surface area contributed by atoms with Crippen molar-refractivity contribution in [3.8, 4) is 23.3 Å². The third-order valence-electron chi connectivity index (χ3n) is 3.07. The van der Waals surface area contributed by atoms with Gasteiger partial charge < -0.3 is 9.84 Å². The SMILES string of the molecule is CC(O)C(C)C#Cc1ccc(Oc2ccc(Cl)cc2)cc1. The van der Waals surface area contributed by atoms with E-state index >= 15 is 0 Å². The highest BCUT2D eigenvalue weighted by Crippen LogP contribution is 2.23. The van der Waals surface area contributed by atoms with Crippen LogP contribution in [0.3, 0.4) is 0 Å². The second kappa shape index (κ2) is 7.17. The molecule has 2 unspecified atom stereocenters. The van der Waals surface area contributed by atoms with Crippen molar-refractivity contribution in [1.82, 2.24) is 0 Å². The minimum Gasteiger partial charge on any atom is -0.457 e. The van der Waals surface area contributed by atoms with E-state index in [1.54, 1.807) is 19.1 Å². The molecule has 0 radical (unpaired) electrons. The molecule has 3 heteroatoms. The molecule has 0 aliphatic rings. The normalized spacial score (nSPS) is 13.0. The van der Waals surface area contributed by atoms with Crippen molar-refractivity contribution in [1.29, 1.82) is 0 Å². The van der Waals surface area contributed by atoms with Gasteiger partial charge in [0.05, 0.1) is 6.10 Å². The molecular weight excluding hydrogens is 284 g/mol. The fourth-order valence-corrected chi connectivity index (χ4v) is 1.69. The number of rotatable bonds is 3. The van der Waals surface area contributed by atoms with E-state index in [2.05, 4.69) is 11.8 Å². The Morgan fingerprint density at radius 2 is 1.48 bits per heavy atom. The lowest BCUT2D eigenvalue weighted by atomic mass is 10.1. The van der Waals surface area contributed by atoms with E-state index < -0.39 is 6.10 Å². The highest BCUT2D eigenvalue weighted by molar-refractivity contribution is 6.30. The number of aliphatic hydroxyl groups excluding tert-OH is 1. The maximum absolute atomic E-state index is 9.39. The van der Waals surface area contributed by atoms with Crippen LogP contribution in [-0.2, 0) is 0 Å². The summed E-state index contributed by atoms with van der Waals surface area (Å²) in [5, 5.41) is 10.1. The molecule has 0 aliphatic carbocycles. The quantitative estimate of drug-likeness (QED) is 0.846. The van der Waals surface area contributed by atoms with Crippen molar-refractivity contribution < 1.29 is 9.84 Å². The van der Waals surface area contributed by atoms with E-state index in [1.165, 1.54) is 0 Å². The monoisotopic (exact) mass is 300 g/mol. The molecule has 0 aromatic heterocycles. The molecule has 2 atom stereocenters. The Kier molecular flexibility index (Phi) is 5.27. The number of benzene rings is 2. The Hall–Kier alpha value is -1.95. The second-order valence-corrected chi connectivity index (χ2v) is 5.32. The summed E-state index contributed by atoms with van der Waals surface area (Å²) in [7, 11) is 0. The molecule has 21 heavy (non-hydrogen) atoms. The van der Waals surface area contributed by atoms with Gasteiger partial charge in [0.1, 0.15) is 11.5 Å². The van der Waals surface area contributed by atoms with Crippen molar-refractivity contribution in [3.63, 3.8) is 0 Å². The van der Waals surface area contributed by atoms with Gasteiger partial charge in [0, 0.05) is 16.5 Å². The zero-order chi connectivity index (χ0) is 15.2. The van der Waals surface area contributed by atoms with E-state index in [1.807, 2.05) is 43.3 Å². The lowest BCUT2D eigenvalue weighted by Gasteiger charge is -2.06. The molecule has 2 nitrogen and oxygen atoms in total. The van der Waals surface area contributed by atoms with Crippen molar-refractivity contribution in [3.05, 3.63) is 59.1 Å². The zero-order valence-corrected chi connectivity index (χ0v) is 12.8. The van der Waals surface area contributed by atoms with Gasteiger partial charge in [-0.05, 0) is 62.4 Å². The predicted octanol–water partition coefficient (Wildman–Crippen LogP) is 4.50. The minimum atomic E-state index is -0.426. The van der Waals surface area contributed by atoms with E-state index in [0.717, 1.165) is 17.1 Å². The maximum atomic E-state index is 9.39. The Labute approximate surface area is 130 Å². The topological polar surface area (TPSA) is 29.5 Å². The van der Waals surface area contributed by atoms with Crippen LogP contribution in [0.1, 0.15) is 19.4 Å². The van der Waals surface area contributed by atoms with Crippen molar-refractivity contribution >= 4 is 11.6 Å². The molecule has 0 bridgehead atoms. The van der Waals surface area contributed by atoms with Gasteiger partial charge in [-0.15, -0.1) is 0 Å². The first-order valence-electron chi connectivity index (χ1n) is 6.77. The van der Waals surface area contributed by atoms with E-state index in [9.17, 15) is 5.11 Å². The van der Waals surface area contributed by atoms with Gasteiger partial charge in [-0.1, -0.05) is 23.4 Å². The Morgan fingerprint density at radius 1 is 0.952 bits per heavy atom. The molecule has 0 saturated carbocycles. The van der Waals surface area contributed by atoms with Crippen LogP contribution in [0, 0.1) is 17.8 Å². The fourth-order valence-electron chi connectivity index (χ4n) is 1.56. The first kappa shape index (κ1) is 15.4. The number of hydrogen-bond donors (Lipinski definition) is 1. The van der Waals surface area contributed by atoms with Crippen molar-refractivity contribution in [2.75, 3.05) is 0 Å². The van der Waals surface area contributed by atoms with Crippen LogP contribution in [0.25, 0.3) is 0 Å². The Bertz CT molecular complexity index is 634. The molecule has 0 spiro atoms. The third kappa shape index (κ3) is 4.82. The molecule has 0 fully saturated rings. The van der Waals surface area contributed by atoms with E-state index in [0.29, 0.717) is 5.02 Å². The Morgan fingerprint density at radius 3 is 2.00 bits per heavy atom. The average molecular weight is 301 g/mol. The lowest BCUT2D eigenvalue weighted by molar-refractivity contribution is 0.161. The van der Waals surface area contributed by atoms with Gasteiger partial charge in [0.2, 0.25) is 0 Å². The molecule has 0 heterocycles. The summed E-state index contributed by atoms with van der Waals surface area (Å²) < 4.78 is 5.71. The fraction of sp³-hybridized carbons (Fsp3) is 0.222. The smallest absolute Gasteiger partial charge is 0.127 e. The Balaban J connectivity index is 2.03. The summed E-state index contributed by atoms with van der Waals surface area (Å²) in [4.78, 5) is 0. The molecule has 1 N–H and O–H groups in total. The molecule has 2 rings (SSSR count). The summed E-state index contributed by atoms with van der Waals surface area (Å²) in [6, 6.07) is 14.7. The van der Waals surface area contributed by atoms with Crippen molar-refractivity contribution in [2.45, 2.75) is 20.0 Å². The number of ether oxygens (including phenoxy) is 1. The molecule has 108 valence electrons. The highest BCUT2D eigenvalue weighted by atomic mass is 35.5. The standard InChI is InChI=1S/C18H17ClO2/c1-13(14(2)20)3-4-15-5-9-17(10-6-15)21-18-11-7-16(19)8-12-18/h5-14,20H,1-2H3. The molecule has 0 aliphatic heterocycles. The van der Waals surface area contributed by atoms with Gasteiger partial charge in [-0.3, -0.25) is 0 Å². The number of aliphatic hydroxyl groups is 1. The largest absolute Gasteiger partial charge is 0.457 e. The summed E-state index contributed by atoms with van der Waals surface area (Å²) >= 11 is 5.83. The van der Waals surface area contributed by atoms with E-state index in [-0.39, 0.29) is 5.92 Å². The highest BCUT2D eigenvalue weighted by Gasteiger charge is 2.03. The zero-order valence-electron chi connectivity index (χ0n) is 12.0. The third-order valence-corrected chi connectivity index (χ3v) is 3.32. The summed E-state index contributed by atoms with van der Waals surface area (Å²) in [5.41, 5.74) is 0.894. The molecular formula is C18H17ClO2. The van der Waals surface area contributed by atoms with Gasteiger partial charge >= 0.3 is 0 Å². The minimum absolute atomic E-state index is 0.0463. The van der Waals surface area contributed by atoms with Crippen LogP contribution in [0.15, 0.2) is 48.5 Å². The molecule has 0 amide bonds. The van der Waals surface area contributed by atoms with E-state index in [4.69, 9.17) is 16.3 Å². The first-order chi connectivity index (χ1) is 10.0. The van der Waals surface area contributed by atoms with Gasteiger partial charge in [0.25, 0.3) is 0 Å².